The highest BCUT2D eigenvalue weighted by Gasteiger charge is 2.30. The van der Waals surface area contributed by atoms with Crippen molar-refractivity contribution in [2.45, 2.75) is 38.5 Å². The highest BCUT2D eigenvalue weighted by atomic mass is 19.3. The normalized spacial score (nSPS) is 18.5. The van der Waals surface area contributed by atoms with Crippen LogP contribution in [-0.2, 0) is 11.3 Å². The van der Waals surface area contributed by atoms with Crippen molar-refractivity contribution in [2.24, 2.45) is 0 Å². The molecule has 3 aromatic heterocycles. The third-order valence-corrected chi connectivity index (χ3v) is 6.91. The van der Waals surface area contributed by atoms with E-state index in [-0.39, 0.29) is 51.9 Å². The topological polar surface area (TPSA) is 81.7 Å². The lowest BCUT2D eigenvalue weighted by Crippen LogP contribution is -2.48. The average molecular weight is 554 g/mol. The minimum absolute atomic E-state index is 0.0305. The van der Waals surface area contributed by atoms with Crippen molar-refractivity contribution in [3.63, 3.8) is 0 Å². The number of benzene rings is 1. The highest BCUT2D eigenvalue weighted by molar-refractivity contribution is 5.90. The molecule has 1 aromatic carbocycles. The van der Waals surface area contributed by atoms with Gasteiger partial charge in [0.1, 0.15) is 23.0 Å². The van der Waals surface area contributed by atoms with Crippen molar-refractivity contribution in [1.29, 1.82) is 0 Å². The van der Waals surface area contributed by atoms with Crippen LogP contribution >= 0.6 is 0 Å². The number of fused-ring (bicyclic) bond motifs is 2. The Hall–Kier alpha value is -3.52. The lowest BCUT2D eigenvalue weighted by Gasteiger charge is -2.34. The van der Waals surface area contributed by atoms with Crippen molar-refractivity contribution in [2.75, 3.05) is 45.8 Å². The molecule has 39 heavy (non-hydrogen) atoms. The number of aryl methyl sites for hydroxylation is 1. The molecule has 0 amide bonds. The zero-order valence-electron chi connectivity index (χ0n) is 21.6. The van der Waals surface area contributed by atoms with Gasteiger partial charge in [0.2, 0.25) is 11.8 Å². The lowest BCUT2D eigenvalue weighted by atomic mass is 10.0. The zero-order chi connectivity index (χ0) is 27.8. The minimum Gasteiger partial charge on any atom is -0.479 e. The Balaban J connectivity index is 1.51. The summed E-state index contributed by atoms with van der Waals surface area (Å²) in [6.07, 6.45) is -2.33. The Morgan fingerprint density at radius 1 is 1.15 bits per heavy atom. The molecule has 1 N–H and O–H groups in total. The first-order valence-corrected chi connectivity index (χ1v) is 12.4. The standard InChI is InChI=1S/C25H28F5N7O2/c1-13-31-22-15(26)8-14(9-19(22)36(13)12-20(29)30)21-17(28)11-37-23(21)24(39-3)33-25(34-37)32-18-4-5-35(6-7-38-2)10-16(18)27/h8-9,11,16,18,20H,4-7,10,12H2,1-3H3,(H,32,34)/t16-,18-/m1/s1. The second-order valence-corrected chi connectivity index (χ2v) is 9.43. The summed E-state index contributed by atoms with van der Waals surface area (Å²) in [7, 11) is 2.92. The molecule has 5 rings (SSSR count). The van der Waals surface area contributed by atoms with Crippen molar-refractivity contribution in [3.8, 4) is 17.0 Å². The maximum atomic E-state index is 15.3. The fourth-order valence-corrected chi connectivity index (χ4v) is 5.03. The molecule has 0 unspecified atom stereocenters. The molecule has 1 aliphatic heterocycles. The van der Waals surface area contributed by atoms with E-state index in [1.807, 2.05) is 4.90 Å². The lowest BCUT2D eigenvalue weighted by molar-refractivity contribution is 0.0918. The SMILES string of the molecule is COCCN1CC[C@@H](Nc2nc(OC)c3c(-c4cc(F)c5nc(C)n(CC(F)F)c5c4)c(F)cn3n2)[C@H](F)C1. The predicted molar refractivity (Wildman–Crippen MR) is 134 cm³/mol. The number of alkyl halides is 3. The second-order valence-electron chi connectivity index (χ2n) is 9.43. The molecule has 0 saturated carbocycles. The molecule has 14 heteroatoms. The zero-order valence-corrected chi connectivity index (χ0v) is 21.6. The number of hydrogen-bond acceptors (Lipinski definition) is 7. The van der Waals surface area contributed by atoms with E-state index in [1.54, 1.807) is 7.11 Å². The Morgan fingerprint density at radius 2 is 1.95 bits per heavy atom. The molecule has 0 radical (unpaired) electrons. The van der Waals surface area contributed by atoms with Gasteiger partial charge in [-0.1, -0.05) is 0 Å². The summed E-state index contributed by atoms with van der Waals surface area (Å²) in [4.78, 5) is 10.3. The van der Waals surface area contributed by atoms with Crippen molar-refractivity contribution in [3.05, 3.63) is 35.8 Å². The molecule has 1 saturated heterocycles. The summed E-state index contributed by atoms with van der Waals surface area (Å²) >= 11 is 0. The first-order valence-electron chi connectivity index (χ1n) is 12.4. The molecule has 1 fully saturated rings. The fraction of sp³-hybridized carbons (Fsp3) is 0.480. The number of imidazole rings is 1. The van der Waals surface area contributed by atoms with Crippen LogP contribution in [0.1, 0.15) is 12.2 Å². The molecule has 0 spiro atoms. The number of halogens is 5. The van der Waals surface area contributed by atoms with Gasteiger partial charge in [-0.05, 0) is 31.0 Å². The number of nitrogens with one attached hydrogen (secondary N) is 1. The van der Waals surface area contributed by atoms with E-state index in [1.165, 1.54) is 29.2 Å². The Morgan fingerprint density at radius 3 is 2.64 bits per heavy atom. The largest absolute Gasteiger partial charge is 0.479 e. The van der Waals surface area contributed by atoms with Gasteiger partial charge in [0.25, 0.3) is 6.43 Å². The minimum atomic E-state index is -2.69. The van der Waals surface area contributed by atoms with Crippen LogP contribution in [0, 0.1) is 18.6 Å². The number of likely N-dealkylation sites (tertiary alicyclic amines) is 1. The Labute approximate surface area is 220 Å². The van der Waals surface area contributed by atoms with Crippen LogP contribution in [0.2, 0.25) is 0 Å². The van der Waals surface area contributed by atoms with Gasteiger partial charge in [-0.2, -0.15) is 4.98 Å². The van der Waals surface area contributed by atoms with Gasteiger partial charge in [0.05, 0.1) is 43.6 Å². The summed E-state index contributed by atoms with van der Waals surface area (Å²) in [6, 6.07) is 1.91. The maximum absolute atomic E-state index is 15.3. The van der Waals surface area contributed by atoms with E-state index in [0.717, 1.165) is 12.3 Å². The molecular formula is C25H28F5N7O2. The Bertz CT molecular complexity index is 1490. The summed E-state index contributed by atoms with van der Waals surface area (Å²) in [5.41, 5.74) is 0.110. The number of methoxy groups -OCH3 is 2. The molecule has 0 bridgehead atoms. The molecular weight excluding hydrogens is 525 g/mol. The monoisotopic (exact) mass is 553 g/mol. The number of ether oxygens (including phenoxy) is 2. The van der Waals surface area contributed by atoms with Crippen molar-refractivity contribution >= 4 is 22.5 Å². The predicted octanol–water partition coefficient (Wildman–Crippen LogP) is 4.08. The van der Waals surface area contributed by atoms with Gasteiger partial charge >= 0.3 is 0 Å². The van der Waals surface area contributed by atoms with Gasteiger partial charge in [0.15, 0.2) is 11.6 Å². The number of aromatic nitrogens is 5. The number of piperidine rings is 1. The molecule has 1 aliphatic rings. The number of nitrogens with zero attached hydrogens (tertiary/aromatic N) is 6. The summed E-state index contributed by atoms with van der Waals surface area (Å²) in [5, 5.41) is 7.28. The van der Waals surface area contributed by atoms with Crippen LogP contribution < -0.4 is 10.1 Å². The fourth-order valence-electron chi connectivity index (χ4n) is 5.03. The number of hydrogen-bond donors (Lipinski definition) is 1. The van der Waals surface area contributed by atoms with Gasteiger partial charge in [0, 0.05) is 26.7 Å². The smallest absolute Gasteiger partial charge is 0.256 e. The van der Waals surface area contributed by atoms with Crippen LogP contribution in [0.4, 0.5) is 27.9 Å². The van der Waals surface area contributed by atoms with E-state index in [4.69, 9.17) is 9.47 Å². The first kappa shape index (κ1) is 27.1. The van der Waals surface area contributed by atoms with E-state index in [0.29, 0.717) is 26.1 Å². The molecule has 0 aliphatic carbocycles. The second kappa shape index (κ2) is 10.9. The van der Waals surface area contributed by atoms with Crippen LogP contribution in [0.3, 0.4) is 0 Å². The number of anilines is 1. The summed E-state index contributed by atoms with van der Waals surface area (Å²) in [5.74, 6) is -1.34. The average Bonchev–Trinajstić information content (AvgIpc) is 3.39. The Kier molecular flexibility index (Phi) is 7.58. The van der Waals surface area contributed by atoms with Crippen LogP contribution in [0.15, 0.2) is 18.3 Å². The third-order valence-electron chi connectivity index (χ3n) is 6.91. The van der Waals surface area contributed by atoms with E-state index in [9.17, 15) is 13.2 Å². The summed E-state index contributed by atoms with van der Waals surface area (Å²) < 4.78 is 84.5. The van der Waals surface area contributed by atoms with Gasteiger partial charge < -0.3 is 19.4 Å². The maximum Gasteiger partial charge on any atom is 0.256 e. The van der Waals surface area contributed by atoms with Gasteiger partial charge in [-0.3, -0.25) is 4.90 Å². The third kappa shape index (κ3) is 5.22. The molecule has 4 aromatic rings. The summed E-state index contributed by atoms with van der Waals surface area (Å²) in [6.45, 7) is 2.81. The van der Waals surface area contributed by atoms with Crippen LogP contribution in [-0.4, -0.2) is 88.1 Å². The molecule has 4 heterocycles. The van der Waals surface area contributed by atoms with Gasteiger partial charge in [-0.15, -0.1) is 5.10 Å². The molecule has 2 atom stereocenters. The first-order chi connectivity index (χ1) is 18.7. The molecule has 9 nitrogen and oxygen atoms in total. The van der Waals surface area contributed by atoms with E-state index < -0.39 is 36.8 Å². The van der Waals surface area contributed by atoms with Crippen molar-refractivity contribution in [1.82, 2.24) is 29.0 Å². The number of rotatable bonds is 9. The van der Waals surface area contributed by atoms with E-state index >= 15 is 8.78 Å². The van der Waals surface area contributed by atoms with E-state index in [2.05, 4.69) is 20.4 Å². The highest BCUT2D eigenvalue weighted by Crippen LogP contribution is 2.37. The van der Waals surface area contributed by atoms with Crippen LogP contribution in [0.5, 0.6) is 5.88 Å². The quantitative estimate of drug-likeness (QED) is 0.313. The van der Waals surface area contributed by atoms with Crippen molar-refractivity contribution < 1.29 is 31.4 Å². The molecule has 210 valence electrons. The van der Waals surface area contributed by atoms with Gasteiger partial charge in [-0.25, -0.2) is 31.5 Å². The van der Waals surface area contributed by atoms with Crippen LogP contribution in [0.25, 0.3) is 27.7 Å².